The molecule has 0 fully saturated rings. The number of hydrogen-bond acceptors (Lipinski definition) is 1. The fraction of sp³-hybridized carbons (Fsp3) is 0.200. The Bertz CT molecular complexity index is 894. The van der Waals surface area contributed by atoms with Gasteiger partial charge < -0.3 is 0 Å². The Morgan fingerprint density at radius 2 is 1.82 bits per heavy atom. The highest BCUT2D eigenvalue weighted by molar-refractivity contribution is 5.77. The van der Waals surface area contributed by atoms with E-state index in [0.717, 1.165) is 6.42 Å². The van der Waals surface area contributed by atoms with Gasteiger partial charge in [0, 0.05) is 36.0 Å². The number of hydrogen-bond donors (Lipinski definition) is 0. The summed E-state index contributed by atoms with van der Waals surface area (Å²) in [6.45, 7) is 4.33. The minimum Gasteiger partial charge on any atom is -0.264 e. The molecule has 0 unspecified atom stereocenters. The van der Waals surface area contributed by atoms with E-state index in [1.54, 1.807) is 0 Å². The highest BCUT2D eigenvalue weighted by atomic mass is 14.9. The van der Waals surface area contributed by atoms with E-state index >= 15 is 0 Å². The molecule has 4 rings (SSSR count). The van der Waals surface area contributed by atoms with Crippen LogP contribution in [0.5, 0.6) is 0 Å². The van der Waals surface area contributed by atoms with E-state index in [9.17, 15) is 0 Å². The van der Waals surface area contributed by atoms with Crippen molar-refractivity contribution in [1.29, 1.82) is 0 Å². The van der Waals surface area contributed by atoms with E-state index in [4.69, 9.17) is 0 Å². The summed E-state index contributed by atoms with van der Waals surface area (Å²) >= 11 is 0. The Morgan fingerprint density at radius 3 is 2.68 bits per heavy atom. The summed E-state index contributed by atoms with van der Waals surface area (Å²) in [5, 5.41) is 0. The molecule has 3 aromatic rings. The summed E-state index contributed by atoms with van der Waals surface area (Å²) in [7, 11) is 2.14. The van der Waals surface area contributed by atoms with Crippen molar-refractivity contribution in [3.63, 3.8) is 0 Å². The fourth-order valence-electron chi connectivity index (χ4n) is 3.39. The number of pyridine rings is 2. The van der Waals surface area contributed by atoms with E-state index < -0.39 is 0 Å². The lowest BCUT2D eigenvalue weighted by Crippen LogP contribution is -2.31. The number of aryl methyl sites for hydroxylation is 3. The standard InChI is InChI=1S/C20H19N2/c1-13-4-5-14(2)18(8-13)20-10-15-9-16-11-21-7-6-17(16)19(15)12-22(20)3/h4-8,10-12H,9H2,1-3H3/q+1. The Hall–Kier alpha value is -2.48. The molecule has 0 atom stereocenters. The second-order valence-corrected chi connectivity index (χ2v) is 6.24. The van der Waals surface area contributed by atoms with Gasteiger partial charge in [0.2, 0.25) is 5.69 Å². The number of benzene rings is 1. The van der Waals surface area contributed by atoms with E-state index in [1.165, 1.54) is 44.6 Å². The lowest BCUT2D eigenvalue weighted by molar-refractivity contribution is -0.659. The second kappa shape index (κ2) is 4.77. The summed E-state index contributed by atoms with van der Waals surface area (Å²) in [4.78, 5) is 4.26. The van der Waals surface area contributed by atoms with Crippen LogP contribution in [0.3, 0.4) is 0 Å². The van der Waals surface area contributed by atoms with E-state index in [2.05, 4.69) is 67.0 Å². The Balaban J connectivity index is 1.92. The maximum atomic E-state index is 4.26. The third-order valence-electron chi connectivity index (χ3n) is 4.60. The van der Waals surface area contributed by atoms with Gasteiger partial charge in [0.05, 0.1) is 0 Å². The second-order valence-electron chi connectivity index (χ2n) is 6.24. The third-order valence-corrected chi connectivity index (χ3v) is 4.60. The van der Waals surface area contributed by atoms with Crippen molar-refractivity contribution in [2.24, 2.45) is 7.05 Å². The molecular formula is C20H19N2+. The first-order chi connectivity index (χ1) is 10.6. The number of fused-ring (bicyclic) bond motifs is 3. The first-order valence-electron chi connectivity index (χ1n) is 7.67. The molecule has 2 nitrogen and oxygen atoms in total. The normalized spacial score (nSPS) is 12.1. The van der Waals surface area contributed by atoms with Crippen molar-refractivity contribution in [3.05, 3.63) is 71.2 Å². The van der Waals surface area contributed by atoms with Crippen LogP contribution in [0.2, 0.25) is 0 Å². The van der Waals surface area contributed by atoms with Gasteiger partial charge in [-0.05, 0) is 48.2 Å². The average molecular weight is 287 g/mol. The van der Waals surface area contributed by atoms with Gasteiger partial charge in [-0.3, -0.25) is 4.98 Å². The highest BCUT2D eigenvalue weighted by Gasteiger charge is 2.24. The maximum absolute atomic E-state index is 4.26. The van der Waals surface area contributed by atoms with Gasteiger partial charge in [-0.1, -0.05) is 17.7 Å². The first kappa shape index (κ1) is 13.2. The molecule has 0 aliphatic heterocycles. The first-order valence-corrected chi connectivity index (χ1v) is 7.67. The molecule has 1 aromatic carbocycles. The molecule has 0 amide bonds. The molecule has 0 radical (unpaired) electrons. The molecule has 22 heavy (non-hydrogen) atoms. The summed E-state index contributed by atoms with van der Waals surface area (Å²) in [6.07, 6.45) is 7.12. The molecule has 0 saturated carbocycles. The monoisotopic (exact) mass is 287 g/mol. The largest absolute Gasteiger partial charge is 0.264 e. The summed E-state index contributed by atoms with van der Waals surface area (Å²) in [5.74, 6) is 0. The predicted octanol–water partition coefficient (Wildman–Crippen LogP) is 3.76. The van der Waals surface area contributed by atoms with Crippen LogP contribution in [-0.2, 0) is 13.5 Å². The molecule has 2 aromatic heterocycles. The van der Waals surface area contributed by atoms with Crippen LogP contribution in [0.1, 0.15) is 22.3 Å². The molecule has 1 aliphatic rings. The summed E-state index contributed by atoms with van der Waals surface area (Å²) in [5.41, 5.74) is 10.6. The van der Waals surface area contributed by atoms with Gasteiger partial charge in [-0.25, -0.2) is 4.57 Å². The number of nitrogens with zero attached hydrogens (tertiary/aromatic N) is 2. The SMILES string of the molecule is Cc1ccc(C)c(-c2cc3c(c[n+]2C)-c2ccncc2C3)c1. The van der Waals surface area contributed by atoms with Crippen molar-refractivity contribution < 1.29 is 4.57 Å². The Labute approximate surface area is 131 Å². The van der Waals surface area contributed by atoms with Crippen LogP contribution < -0.4 is 4.57 Å². The lowest BCUT2D eigenvalue weighted by atomic mass is 9.99. The van der Waals surface area contributed by atoms with Crippen molar-refractivity contribution in [3.8, 4) is 22.4 Å². The van der Waals surface area contributed by atoms with Crippen LogP contribution in [-0.4, -0.2) is 4.98 Å². The smallest absolute Gasteiger partial charge is 0.212 e. The Morgan fingerprint density at radius 1 is 0.955 bits per heavy atom. The molecule has 0 bridgehead atoms. The summed E-state index contributed by atoms with van der Waals surface area (Å²) < 4.78 is 2.25. The zero-order valence-corrected chi connectivity index (χ0v) is 13.2. The Kier molecular flexibility index (Phi) is 2.86. The van der Waals surface area contributed by atoms with Crippen LogP contribution in [0.25, 0.3) is 22.4 Å². The number of aromatic nitrogens is 2. The van der Waals surface area contributed by atoms with E-state index in [1.807, 2.05) is 12.4 Å². The fourth-order valence-corrected chi connectivity index (χ4v) is 3.39. The zero-order valence-electron chi connectivity index (χ0n) is 13.2. The number of rotatable bonds is 1. The molecule has 0 N–H and O–H groups in total. The van der Waals surface area contributed by atoms with Gasteiger partial charge in [-0.2, -0.15) is 0 Å². The van der Waals surface area contributed by atoms with Crippen molar-refractivity contribution in [1.82, 2.24) is 4.98 Å². The molecular weight excluding hydrogens is 268 g/mol. The van der Waals surface area contributed by atoms with Crippen molar-refractivity contribution in [2.75, 3.05) is 0 Å². The van der Waals surface area contributed by atoms with Crippen LogP contribution in [0.4, 0.5) is 0 Å². The molecule has 2 heterocycles. The van der Waals surface area contributed by atoms with Gasteiger partial charge in [-0.15, -0.1) is 0 Å². The van der Waals surface area contributed by atoms with Crippen molar-refractivity contribution >= 4 is 0 Å². The third kappa shape index (κ3) is 1.95. The predicted molar refractivity (Wildman–Crippen MR) is 88.6 cm³/mol. The summed E-state index contributed by atoms with van der Waals surface area (Å²) in [6, 6.07) is 11.1. The highest BCUT2D eigenvalue weighted by Crippen LogP contribution is 2.36. The quantitative estimate of drug-likeness (QED) is 0.487. The van der Waals surface area contributed by atoms with Gasteiger partial charge in [0.25, 0.3) is 0 Å². The van der Waals surface area contributed by atoms with E-state index in [0.29, 0.717) is 0 Å². The minimum atomic E-state index is 0.983. The van der Waals surface area contributed by atoms with Crippen molar-refractivity contribution in [2.45, 2.75) is 20.3 Å². The van der Waals surface area contributed by atoms with E-state index in [-0.39, 0.29) is 0 Å². The van der Waals surface area contributed by atoms with Gasteiger partial charge in [0.15, 0.2) is 6.20 Å². The van der Waals surface area contributed by atoms with Crippen LogP contribution in [0, 0.1) is 13.8 Å². The topological polar surface area (TPSA) is 16.8 Å². The lowest BCUT2D eigenvalue weighted by Gasteiger charge is -2.08. The molecule has 108 valence electrons. The van der Waals surface area contributed by atoms with Gasteiger partial charge >= 0.3 is 0 Å². The molecule has 0 spiro atoms. The molecule has 1 aliphatic carbocycles. The minimum absolute atomic E-state index is 0.983. The van der Waals surface area contributed by atoms with Crippen LogP contribution >= 0.6 is 0 Å². The molecule has 2 heteroatoms. The zero-order chi connectivity index (χ0) is 15.3. The van der Waals surface area contributed by atoms with Gasteiger partial charge in [0.1, 0.15) is 7.05 Å². The maximum Gasteiger partial charge on any atom is 0.212 e. The average Bonchev–Trinajstić information content (AvgIpc) is 2.87. The molecule has 0 saturated heterocycles. The van der Waals surface area contributed by atoms with Crippen LogP contribution in [0.15, 0.2) is 48.9 Å².